The minimum Gasteiger partial charge on any atom is -0.511 e. The standard InChI is InChI=1S/C18H20O3.C13H12O4.C12H9ClO3.C12H11NO3.C12H10O4.C11H6ClNO.C11H8N2O.C11H9NO3.C10H9NO/c19-15(10-12-6-2-1-3-7-12)17-16(20)11-13-8-4-5-9-14(13)18(17)21;1-2-17-13(16)11-10(14)7-8-5-3-4-6-9(8)12(11)15;2*1-16-12(15)10-9(14)6-7-4-2-3-5-8(7)11(10)13;1-16-12(15)10-9(13)6-7-4-2-3-5-8(7)11(10)14;2*1-13-11-9(14)6-7-4-2-3-5-8(7)10(11)12;12-10-7-4-2-1-3-6(7)5-8(13)9(10)11(14)15;11-10-6-8(12)5-7-3-1-2-4-9(7)10/h4-5,8-9,12,21H,1-3,6-7,10-11H2;3-6,15H,2,7H2,1H3;2-5H,6H2,1H3;2-5,13-14H,6H2,1H3;2-5,14H,6H2,1H3;2-5H,6H2;2-5H,6,12H2;1-4,12-13H,5H2,(H,14,15);1-4,6H,5,11H2. The normalized spacial score (nSPS) is 15.5. The van der Waals surface area contributed by atoms with Gasteiger partial charge in [0.25, 0.3) is 5.70 Å². The minimum atomic E-state index is -1.26. The highest BCUT2D eigenvalue weighted by Gasteiger charge is 2.37. The molecule has 0 saturated heterocycles. The number of carboxylic acid groups (broad SMARTS) is 1. The van der Waals surface area contributed by atoms with E-state index in [0.29, 0.717) is 58.0 Å². The molecule has 0 aromatic heterocycles. The van der Waals surface area contributed by atoms with Gasteiger partial charge in [-0.1, -0.05) is 274 Å². The van der Waals surface area contributed by atoms with Gasteiger partial charge in [0, 0.05) is 115 Å². The van der Waals surface area contributed by atoms with Crippen molar-refractivity contribution in [1.82, 2.24) is 0 Å². The number of aliphatic carboxylic acids is 1. The molecule has 9 aromatic carbocycles. The number of benzene rings is 9. The number of hydrogen-bond acceptors (Lipinski definition) is 26. The predicted octanol–water partition coefficient (Wildman–Crippen LogP) is 16.7. The van der Waals surface area contributed by atoms with Gasteiger partial charge in [0.1, 0.15) is 62.2 Å². The van der Waals surface area contributed by atoms with Gasteiger partial charge in [-0.3, -0.25) is 39.6 Å². The Bertz CT molecular complexity index is 6910. The van der Waals surface area contributed by atoms with Crippen LogP contribution in [0.3, 0.4) is 0 Å². The number of esters is 4. The van der Waals surface area contributed by atoms with E-state index in [9.17, 15) is 87.9 Å². The molecule has 0 aliphatic heterocycles. The van der Waals surface area contributed by atoms with E-state index in [1.807, 2.05) is 121 Å². The first-order chi connectivity index (χ1) is 67.6. The van der Waals surface area contributed by atoms with E-state index in [2.05, 4.69) is 23.9 Å². The Morgan fingerprint density at radius 2 is 0.674 bits per heavy atom. The molecule has 1 saturated carbocycles. The second kappa shape index (κ2) is 48.0. The Balaban J connectivity index is 0.000000152. The van der Waals surface area contributed by atoms with Crippen LogP contribution in [0.2, 0.25) is 0 Å². The van der Waals surface area contributed by atoms with Gasteiger partial charge in [-0.15, -0.1) is 0 Å². The molecule has 0 amide bonds. The van der Waals surface area contributed by atoms with E-state index in [4.69, 9.17) is 68.5 Å². The number of hydrogen-bond donors (Lipinski definition) is 10. The third-order valence-corrected chi connectivity index (χ3v) is 24.5. The molecule has 29 nitrogen and oxygen atoms in total. The lowest BCUT2D eigenvalue weighted by atomic mass is 9.81. The summed E-state index contributed by atoms with van der Waals surface area (Å²) < 4.78 is 18.3. The number of carbonyl (C=O) groups is 13. The summed E-state index contributed by atoms with van der Waals surface area (Å²) in [4.78, 5) is 157. The van der Waals surface area contributed by atoms with Gasteiger partial charge in [0.15, 0.2) is 46.3 Å². The maximum absolute atomic E-state index is 12.5. The van der Waals surface area contributed by atoms with Crippen molar-refractivity contribution in [2.24, 2.45) is 17.4 Å². The Morgan fingerprint density at radius 1 is 0.369 bits per heavy atom. The number of carboxylic acids is 1. The Kier molecular flexibility index (Phi) is 35.5. The molecule has 0 heterocycles. The number of allylic oxidation sites excluding steroid dienone is 6. The molecular weight excluding hydrogens is 1840 g/mol. The van der Waals surface area contributed by atoms with Gasteiger partial charge >= 0.3 is 29.8 Å². The molecule has 10 aliphatic rings. The molecule has 1 fully saturated rings. The van der Waals surface area contributed by atoms with Crippen LogP contribution in [0.15, 0.2) is 281 Å². The summed E-state index contributed by atoms with van der Waals surface area (Å²) in [5, 5.41) is 74.2. The fraction of sp³-hybridized carbons (Fsp3) is 0.191. The first-order valence-electron chi connectivity index (χ1n) is 44.1. The van der Waals surface area contributed by atoms with Gasteiger partial charge in [-0.25, -0.2) is 33.7 Å². The van der Waals surface area contributed by atoms with Crippen molar-refractivity contribution in [2.45, 2.75) is 103 Å². The van der Waals surface area contributed by atoms with E-state index in [-0.39, 0.29) is 188 Å². The first-order valence-corrected chi connectivity index (χ1v) is 44.9. The van der Waals surface area contributed by atoms with Crippen molar-refractivity contribution in [3.63, 3.8) is 0 Å². The van der Waals surface area contributed by atoms with Crippen LogP contribution >= 0.6 is 23.2 Å². The number of carbonyl (C=O) groups excluding carboxylic acids is 12. The van der Waals surface area contributed by atoms with Crippen molar-refractivity contribution in [3.8, 4) is 0 Å². The van der Waals surface area contributed by atoms with Gasteiger partial charge in [-0.2, -0.15) is 0 Å². The van der Waals surface area contributed by atoms with Gasteiger partial charge in [0.2, 0.25) is 5.70 Å². The Morgan fingerprint density at radius 3 is 1.09 bits per heavy atom. The number of rotatable bonds is 9. The number of Topliss-reactive ketones (excluding diaryl/α,β-unsaturated/α-hetero) is 7. The fourth-order valence-electron chi connectivity index (χ4n) is 16.8. The number of nitrogens with two attached hydrogens (primary N) is 2. The van der Waals surface area contributed by atoms with Crippen molar-refractivity contribution in [2.75, 3.05) is 27.9 Å². The second-order valence-electron chi connectivity index (χ2n) is 32.6. The number of ether oxygens (including phenoxy) is 4. The molecular formula is C110H94Cl2N6O23. The summed E-state index contributed by atoms with van der Waals surface area (Å²) in [6.07, 6.45) is 9.73. The highest BCUT2D eigenvalue weighted by Crippen LogP contribution is 2.39. The zero-order chi connectivity index (χ0) is 102. The maximum atomic E-state index is 12.5. The highest BCUT2D eigenvalue weighted by atomic mass is 35.5. The third kappa shape index (κ3) is 24.5. The van der Waals surface area contributed by atoms with E-state index in [1.54, 1.807) is 104 Å². The van der Waals surface area contributed by atoms with Crippen molar-refractivity contribution >= 4 is 149 Å². The number of nitrogens with one attached hydrogen (secondary N) is 2. The molecule has 9 aromatic rings. The maximum Gasteiger partial charge on any atom is 0.345 e. The molecule has 0 radical (unpaired) electrons. The molecule has 0 bridgehead atoms. The number of halogens is 2. The van der Waals surface area contributed by atoms with Gasteiger partial charge in [0.05, 0.1) is 62.6 Å². The summed E-state index contributed by atoms with van der Waals surface area (Å²) in [6, 6.07) is 65.1. The lowest BCUT2D eigenvalue weighted by molar-refractivity contribution is -0.141. The predicted molar refractivity (Wildman–Crippen MR) is 527 cm³/mol. The van der Waals surface area contributed by atoms with E-state index in [1.165, 1.54) is 46.7 Å². The summed E-state index contributed by atoms with van der Waals surface area (Å²) in [5.74, 6) is -6.65. The zero-order valence-corrected chi connectivity index (χ0v) is 78.2. The monoisotopic (exact) mass is 1940 g/mol. The quantitative estimate of drug-likeness (QED) is 0.0278. The van der Waals surface area contributed by atoms with E-state index >= 15 is 0 Å². The average molecular weight is 1940 g/mol. The summed E-state index contributed by atoms with van der Waals surface area (Å²) >= 11 is 12.0. The molecule has 19 rings (SSSR count). The topological polar surface area (TPSA) is 489 Å². The molecule has 141 heavy (non-hydrogen) atoms. The summed E-state index contributed by atoms with van der Waals surface area (Å²) in [7, 11) is 3.64. The molecule has 0 unspecified atom stereocenters. The number of methoxy groups -OCH3 is 3. The SMILES string of the molecule is CCOC(=O)C1=C(O)c2ccccc2CC1=O.COC(=O)C1=C(Cl)c2ccccc2CC1=O.COC(=O)C1=C(O)Cc2ccccc2C1=N.COC(=O)C1=C(O)c2ccccc2CC1=O.N=C1C(C(=O)O)=C(O)Cc2ccccc21.NC1=CC(=O)Cc2ccccc21.O=C1Cc2ccccc2C(O)=C1C(=O)CC1CCCCC1.[C-]#[N+]C1=C(Cl)c2ccccc2CC1=O.[C-]#[N+]C1=C(N)c2ccccc2CC1=O. The van der Waals surface area contributed by atoms with Crippen molar-refractivity contribution in [1.29, 1.82) is 10.8 Å². The van der Waals surface area contributed by atoms with Crippen LogP contribution < -0.4 is 11.5 Å². The van der Waals surface area contributed by atoms with Crippen LogP contribution in [-0.2, 0) is 139 Å². The Labute approximate surface area is 819 Å². The fourth-order valence-corrected chi connectivity index (χ4v) is 17.5. The van der Waals surface area contributed by atoms with Crippen molar-refractivity contribution in [3.05, 3.63) is 404 Å². The summed E-state index contributed by atoms with van der Waals surface area (Å²) in [6.45, 7) is 15.5. The zero-order valence-electron chi connectivity index (χ0n) is 76.7. The number of nitrogens with zero attached hydrogens (tertiary/aromatic N) is 2. The average Bonchev–Trinajstić information content (AvgIpc) is 0.788. The van der Waals surface area contributed by atoms with Crippen LogP contribution in [0.25, 0.3) is 48.4 Å². The lowest BCUT2D eigenvalue weighted by Crippen LogP contribution is -2.24. The largest absolute Gasteiger partial charge is 0.511 e. The van der Waals surface area contributed by atoms with Crippen LogP contribution in [0, 0.1) is 29.9 Å². The third-order valence-electron chi connectivity index (χ3n) is 23.7. The number of fused-ring (bicyclic) bond motifs is 9. The number of ketones is 8. The lowest BCUT2D eigenvalue weighted by Gasteiger charge is -2.23. The smallest absolute Gasteiger partial charge is 0.345 e. The highest BCUT2D eigenvalue weighted by molar-refractivity contribution is 6.55. The number of aliphatic hydroxyl groups excluding tert-OH is 5. The molecule has 0 spiro atoms. The molecule has 31 heteroatoms. The second-order valence-corrected chi connectivity index (χ2v) is 33.4. The van der Waals surface area contributed by atoms with Crippen molar-refractivity contribution < 1.29 is 112 Å². The molecule has 0 atom stereocenters. The molecule has 12 N–H and O–H groups in total. The van der Waals surface area contributed by atoms with Crippen LogP contribution in [0.5, 0.6) is 0 Å². The molecule has 716 valence electrons. The van der Waals surface area contributed by atoms with E-state index in [0.717, 1.165) is 85.2 Å². The minimum absolute atomic E-state index is 0.0196. The first kappa shape index (κ1) is 104. The number of aliphatic hydroxyl groups is 5. The van der Waals surface area contributed by atoms with Crippen LogP contribution in [-0.4, -0.2) is 146 Å². The van der Waals surface area contributed by atoms with Gasteiger partial charge < -0.3 is 70.6 Å². The summed E-state index contributed by atoms with van der Waals surface area (Å²) in [5.41, 5.74) is 25.3. The Hall–Kier alpha value is -17.2. The van der Waals surface area contributed by atoms with Gasteiger partial charge in [-0.05, 0) is 79.6 Å². The van der Waals surface area contributed by atoms with Crippen LogP contribution in [0.1, 0.15) is 146 Å². The van der Waals surface area contributed by atoms with E-state index < -0.39 is 41.4 Å². The molecule has 10 aliphatic carbocycles. The van der Waals surface area contributed by atoms with Crippen LogP contribution in [0.4, 0.5) is 0 Å².